The molecule has 1 aromatic carbocycles. The summed E-state index contributed by atoms with van der Waals surface area (Å²) in [4.78, 5) is 16.1. The number of aliphatic hydroxyl groups is 1. The summed E-state index contributed by atoms with van der Waals surface area (Å²) < 4.78 is 18.3. The molecule has 0 aliphatic carbocycles. The number of aliphatic hydroxyl groups excluding tert-OH is 1. The molecule has 2 N–H and O–H groups in total. The van der Waals surface area contributed by atoms with Crippen LogP contribution in [-0.2, 0) is 4.74 Å². The summed E-state index contributed by atoms with van der Waals surface area (Å²) in [6, 6.07) is 8.95. The van der Waals surface area contributed by atoms with Crippen molar-refractivity contribution in [1.82, 2.24) is 4.98 Å². The quantitative estimate of drug-likeness (QED) is 0.801. The van der Waals surface area contributed by atoms with E-state index >= 15 is 0 Å². The van der Waals surface area contributed by atoms with Gasteiger partial charge in [0.05, 0.1) is 12.2 Å². The van der Waals surface area contributed by atoms with Crippen LogP contribution in [0.5, 0.6) is 0 Å². The Hall–Kier alpha value is -2.47. The average molecular weight is 318 g/mol. The van der Waals surface area contributed by atoms with Gasteiger partial charge in [0.1, 0.15) is 17.2 Å². The monoisotopic (exact) mass is 318 g/mol. The van der Waals surface area contributed by atoms with Gasteiger partial charge in [-0.2, -0.15) is 0 Å². The first-order chi connectivity index (χ1) is 11.0. The zero-order valence-corrected chi connectivity index (χ0v) is 13.0. The molecule has 0 bridgehead atoms. The molecular formula is C17H19FN2O3. The molecule has 2 rings (SSSR count). The van der Waals surface area contributed by atoms with Crippen LogP contribution < -0.4 is 5.32 Å². The Morgan fingerprint density at radius 2 is 2.13 bits per heavy atom. The molecule has 0 saturated heterocycles. The molecule has 5 nitrogen and oxygen atoms in total. The van der Waals surface area contributed by atoms with Crippen molar-refractivity contribution in [2.45, 2.75) is 26.1 Å². The molecule has 0 saturated carbocycles. The fourth-order valence-corrected chi connectivity index (χ4v) is 2.01. The number of anilines is 1. The van der Waals surface area contributed by atoms with Gasteiger partial charge in [0, 0.05) is 12.7 Å². The fourth-order valence-electron chi connectivity index (χ4n) is 2.01. The smallest absolute Gasteiger partial charge is 0.342 e. The molecule has 0 radical (unpaired) electrons. The Labute approximate surface area is 134 Å². The highest BCUT2D eigenvalue weighted by atomic mass is 19.1. The number of pyridine rings is 1. The molecule has 1 atom stereocenters. The molecule has 1 heterocycles. The standard InChI is InChI=1S/C17H19FN2O3/c1-11(2)23-17(22)14-7-4-8-19-16(14)20-10-15(21)12-5-3-6-13(18)9-12/h3-9,11,15,21H,10H2,1-2H3,(H,19,20). The van der Waals surface area contributed by atoms with Gasteiger partial charge < -0.3 is 15.2 Å². The van der Waals surface area contributed by atoms with Crippen molar-refractivity contribution in [2.75, 3.05) is 11.9 Å². The number of carbonyl (C=O) groups is 1. The van der Waals surface area contributed by atoms with Crippen LogP contribution in [0.3, 0.4) is 0 Å². The number of carbonyl (C=O) groups excluding carboxylic acids is 1. The van der Waals surface area contributed by atoms with Crippen LogP contribution in [-0.4, -0.2) is 28.7 Å². The summed E-state index contributed by atoms with van der Waals surface area (Å²) in [6.45, 7) is 3.60. The lowest BCUT2D eigenvalue weighted by atomic mass is 10.1. The van der Waals surface area contributed by atoms with Crippen LogP contribution in [0.25, 0.3) is 0 Å². The number of ether oxygens (including phenoxy) is 1. The average Bonchev–Trinajstić information content (AvgIpc) is 2.52. The topological polar surface area (TPSA) is 71.5 Å². The zero-order chi connectivity index (χ0) is 16.8. The highest BCUT2D eigenvalue weighted by molar-refractivity contribution is 5.94. The first-order valence-corrected chi connectivity index (χ1v) is 7.30. The van der Waals surface area contributed by atoms with Crippen LogP contribution in [0, 0.1) is 5.82 Å². The second-order valence-electron chi connectivity index (χ2n) is 5.31. The van der Waals surface area contributed by atoms with E-state index < -0.39 is 17.9 Å². The molecular weight excluding hydrogens is 299 g/mol. The van der Waals surface area contributed by atoms with Crippen LogP contribution in [0.1, 0.15) is 35.9 Å². The molecule has 0 aliphatic rings. The number of nitrogens with one attached hydrogen (secondary N) is 1. The fraction of sp³-hybridized carbons (Fsp3) is 0.294. The van der Waals surface area contributed by atoms with E-state index in [1.807, 2.05) is 0 Å². The maximum absolute atomic E-state index is 13.2. The Kier molecular flexibility index (Phi) is 5.65. The van der Waals surface area contributed by atoms with Crippen LogP contribution >= 0.6 is 0 Å². The predicted molar refractivity (Wildman–Crippen MR) is 84.6 cm³/mol. The van der Waals surface area contributed by atoms with Crippen molar-refractivity contribution < 1.29 is 19.0 Å². The van der Waals surface area contributed by atoms with Gasteiger partial charge in [-0.25, -0.2) is 14.2 Å². The number of aromatic nitrogens is 1. The molecule has 1 aromatic heterocycles. The Morgan fingerprint density at radius 3 is 2.83 bits per heavy atom. The molecule has 23 heavy (non-hydrogen) atoms. The second-order valence-corrected chi connectivity index (χ2v) is 5.31. The van der Waals surface area contributed by atoms with Crippen LogP contribution in [0.15, 0.2) is 42.6 Å². The minimum absolute atomic E-state index is 0.0857. The number of halogens is 1. The number of nitrogens with zero attached hydrogens (tertiary/aromatic N) is 1. The van der Waals surface area contributed by atoms with Gasteiger partial charge >= 0.3 is 5.97 Å². The van der Waals surface area contributed by atoms with Crippen LogP contribution in [0.2, 0.25) is 0 Å². The normalized spacial score (nSPS) is 12.0. The summed E-state index contributed by atoms with van der Waals surface area (Å²) >= 11 is 0. The van der Waals surface area contributed by atoms with E-state index in [0.29, 0.717) is 11.4 Å². The third-order valence-corrected chi connectivity index (χ3v) is 3.07. The number of rotatable bonds is 6. The third kappa shape index (κ3) is 4.75. The zero-order valence-electron chi connectivity index (χ0n) is 13.0. The lowest BCUT2D eigenvalue weighted by molar-refractivity contribution is 0.0378. The van der Waals surface area contributed by atoms with Gasteiger partial charge in [-0.1, -0.05) is 12.1 Å². The minimum Gasteiger partial charge on any atom is -0.459 e. The predicted octanol–water partition coefficient (Wildman–Crippen LogP) is 2.93. The van der Waals surface area contributed by atoms with Crippen molar-refractivity contribution in [3.63, 3.8) is 0 Å². The Bertz CT molecular complexity index is 676. The summed E-state index contributed by atoms with van der Waals surface area (Å²) in [6.07, 6.45) is 0.360. The van der Waals surface area contributed by atoms with Gasteiger partial charge in [0.15, 0.2) is 0 Å². The maximum Gasteiger partial charge on any atom is 0.342 e. The van der Waals surface area contributed by atoms with Gasteiger partial charge in [0.2, 0.25) is 0 Å². The maximum atomic E-state index is 13.2. The van der Waals surface area contributed by atoms with E-state index in [0.717, 1.165) is 0 Å². The highest BCUT2D eigenvalue weighted by Crippen LogP contribution is 2.18. The van der Waals surface area contributed by atoms with Crippen molar-refractivity contribution in [2.24, 2.45) is 0 Å². The first kappa shape index (κ1) is 16.9. The van der Waals surface area contributed by atoms with Gasteiger partial charge in [-0.15, -0.1) is 0 Å². The molecule has 6 heteroatoms. The van der Waals surface area contributed by atoms with Gasteiger partial charge in [-0.3, -0.25) is 0 Å². The molecule has 0 amide bonds. The summed E-state index contributed by atoms with van der Waals surface area (Å²) in [5, 5.41) is 13.0. The number of benzene rings is 1. The van der Waals surface area contributed by atoms with Crippen molar-refractivity contribution in [1.29, 1.82) is 0 Å². The van der Waals surface area contributed by atoms with E-state index in [2.05, 4.69) is 10.3 Å². The largest absolute Gasteiger partial charge is 0.459 e. The third-order valence-electron chi connectivity index (χ3n) is 3.07. The molecule has 122 valence electrons. The number of hydrogen-bond acceptors (Lipinski definition) is 5. The summed E-state index contributed by atoms with van der Waals surface area (Å²) in [5.74, 6) is -0.593. The van der Waals surface area contributed by atoms with Crippen molar-refractivity contribution in [3.05, 3.63) is 59.5 Å². The van der Waals surface area contributed by atoms with E-state index in [1.54, 1.807) is 32.0 Å². The summed E-state index contributed by atoms with van der Waals surface area (Å²) in [5.41, 5.74) is 0.729. The highest BCUT2D eigenvalue weighted by Gasteiger charge is 2.16. The van der Waals surface area contributed by atoms with E-state index in [9.17, 15) is 14.3 Å². The van der Waals surface area contributed by atoms with Gasteiger partial charge in [0.25, 0.3) is 0 Å². The van der Waals surface area contributed by atoms with Gasteiger partial charge in [-0.05, 0) is 43.7 Å². The SMILES string of the molecule is CC(C)OC(=O)c1cccnc1NCC(O)c1cccc(F)c1. The molecule has 0 aliphatic heterocycles. The molecule has 0 fully saturated rings. The van der Waals surface area contributed by atoms with E-state index in [-0.39, 0.29) is 18.2 Å². The number of esters is 1. The first-order valence-electron chi connectivity index (χ1n) is 7.30. The summed E-state index contributed by atoms with van der Waals surface area (Å²) in [7, 11) is 0. The minimum atomic E-state index is -0.929. The van der Waals surface area contributed by atoms with E-state index in [1.165, 1.54) is 24.4 Å². The number of hydrogen-bond donors (Lipinski definition) is 2. The lowest BCUT2D eigenvalue weighted by Gasteiger charge is -2.15. The van der Waals surface area contributed by atoms with E-state index in [4.69, 9.17) is 4.74 Å². The lowest BCUT2D eigenvalue weighted by Crippen LogP contribution is -2.18. The molecule has 0 spiro atoms. The second kappa shape index (κ2) is 7.69. The van der Waals surface area contributed by atoms with Crippen molar-refractivity contribution in [3.8, 4) is 0 Å². The Balaban J connectivity index is 2.07. The van der Waals surface area contributed by atoms with Crippen LogP contribution in [0.4, 0.5) is 10.2 Å². The van der Waals surface area contributed by atoms with Crippen molar-refractivity contribution >= 4 is 11.8 Å². The molecule has 1 unspecified atom stereocenters. The molecule has 2 aromatic rings. The Morgan fingerprint density at radius 1 is 1.35 bits per heavy atom.